The highest BCUT2D eigenvalue weighted by Crippen LogP contribution is 2.36. The third-order valence-electron chi connectivity index (χ3n) is 5.00. The van der Waals surface area contributed by atoms with Gasteiger partial charge in [-0.25, -0.2) is 13.2 Å². The minimum atomic E-state index is -0.572. The minimum Gasteiger partial charge on any atom is -0.207 e. The first-order valence-electron chi connectivity index (χ1n) is 8.72. The number of hydrogen-bond donors (Lipinski definition) is 0. The molecular formula is C21H20F3N. The Balaban J connectivity index is 1.89. The maximum atomic E-state index is 14.5. The lowest BCUT2D eigenvalue weighted by molar-refractivity contribution is 0.488. The fourth-order valence-corrected chi connectivity index (χ4v) is 3.66. The van der Waals surface area contributed by atoms with Crippen LogP contribution in [0.3, 0.4) is 0 Å². The monoisotopic (exact) mass is 343 g/mol. The zero-order valence-corrected chi connectivity index (χ0v) is 14.2. The molecule has 1 aliphatic carbocycles. The second-order valence-electron chi connectivity index (χ2n) is 6.73. The molecular weight excluding hydrogens is 323 g/mol. The molecule has 2 aromatic carbocycles. The van der Waals surface area contributed by atoms with Crippen LogP contribution in [0.15, 0.2) is 24.3 Å². The van der Waals surface area contributed by atoms with Crippen LogP contribution < -0.4 is 0 Å². The van der Waals surface area contributed by atoms with Crippen molar-refractivity contribution in [3.8, 4) is 6.07 Å². The summed E-state index contributed by atoms with van der Waals surface area (Å²) in [6.45, 7) is 2.04. The molecule has 3 rings (SSSR count). The average Bonchev–Trinajstić information content (AvgIpc) is 2.58. The Morgan fingerprint density at radius 2 is 1.76 bits per heavy atom. The molecule has 0 saturated carbocycles. The summed E-state index contributed by atoms with van der Waals surface area (Å²) in [5.41, 5.74) is 2.45. The third-order valence-corrected chi connectivity index (χ3v) is 5.00. The van der Waals surface area contributed by atoms with E-state index in [2.05, 4.69) is 0 Å². The van der Waals surface area contributed by atoms with Crippen molar-refractivity contribution in [2.24, 2.45) is 0 Å². The van der Waals surface area contributed by atoms with E-state index < -0.39 is 17.5 Å². The number of fused-ring (bicyclic) bond motifs is 1. The lowest BCUT2D eigenvalue weighted by Crippen LogP contribution is -2.16. The summed E-state index contributed by atoms with van der Waals surface area (Å²) < 4.78 is 42.9. The number of halogens is 3. The molecule has 0 spiro atoms. The summed E-state index contributed by atoms with van der Waals surface area (Å²) in [5, 5.41) is 8.92. The van der Waals surface area contributed by atoms with Crippen LogP contribution in [0.25, 0.3) is 0 Å². The van der Waals surface area contributed by atoms with Crippen LogP contribution in [-0.4, -0.2) is 0 Å². The van der Waals surface area contributed by atoms with Gasteiger partial charge in [0.2, 0.25) is 0 Å². The van der Waals surface area contributed by atoms with Crippen LogP contribution in [0.5, 0.6) is 0 Å². The van der Waals surface area contributed by atoms with Gasteiger partial charge in [0.1, 0.15) is 23.5 Å². The third kappa shape index (κ3) is 3.56. The Hall–Kier alpha value is -2.28. The molecule has 0 bridgehead atoms. The van der Waals surface area contributed by atoms with Crippen molar-refractivity contribution in [1.82, 2.24) is 0 Å². The van der Waals surface area contributed by atoms with Crippen LogP contribution in [0.4, 0.5) is 13.2 Å². The van der Waals surface area contributed by atoms with Gasteiger partial charge in [0.05, 0.1) is 5.56 Å². The predicted octanol–water partition coefficient (Wildman–Crippen LogP) is 5.59. The number of hydrogen-bond acceptors (Lipinski definition) is 1. The molecule has 130 valence electrons. The Kier molecular flexibility index (Phi) is 5.13. The van der Waals surface area contributed by atoms with E-state index >= 15 is 0 Å². The lowest BCUT2D eigenvalue weighted by Gasteiger charge is -2.26. The molecule has 1 atom stereocenters. The van der Waals surface area contributed by atoms with E-state index in [1.54, 1.807) is 6.07 Å². The van der Waals surface area contributed by atoms with E-state index in [-0.39, 0.29) is 17.0 Å². The number of rotatable bonds is 4. The lowest BCUT2D eigenvalue weighted by atomic mass is 9.79. The molecule has 1 nitrogen and oxygen atoms in total. The van der Waals surface area contributed by atoms with E-state index in [4.69, 9.17) is 5.26 Å². The molecule has 1 unspecified atom stereocenters. The standard InChI is InChI=1S/C21H20F3N/c1-2-3-4-13-7-19(23)21(20(24)8-13)15-6-5-14-9-17(12-25)18(22)11-16(14)10-15/h7-9,11,15H,2-6,10H2,1H3. The van der Waals surface area contributed by atoms with Crippen molar-refractivity contribution >= 4 is 0 Å². The highest BCUT2D eigenvalue weighted by Gasteiger charge is 2.26. The molecule has 0 saturated heterocycles. The average molecular weight is 343 g/mol. The van der Waals surface area contributed by atoms with Gasteiger partial charge >= 0.3 is 0 Å². The van der Waals surface area contributed by atoms with Crippen LogP contribution >= 0.6 is 0 Å². The molecule has 0 aliphatic heterocycles. The second kappa shape index (κ2) is 7.31. The van der Waals surface area contributed by atoms with Gasteiger partial charge in [-0.15, -0.1) is 0 Å². The Bertz CT molecular complexity index is 813. The molecule has 0 N–H and O–H groups in total. The summed E-state index contributed by atoms with van der Waals surface area (Å²) in [5.74, 6) is -1.89. The van der Waals surface area contributed by atoms with E-state index in [9.17, 15) is 13.2 Å². The van der Waals surface area contributed by atoms with Gasteiger partial charge in [0.25, 0.3) is 0 Å². The molecule has 0 fully saturated rings. The predicted molar refractivity (Wildman–Crippen MR) is 90.9 cm³/mol. The van der Waals surface area contributed by atoms with Gasteiger partial charge in [-0.2, -0.15) is 5.26 Å². The molecule has 0 radical (unpaired) electrons. The van der Waals surface area contributed by atoms with Gasteiger partial charge in [-0.05, 0) is 79.0 Å². The Morgan fingerprint density at radius 1 is 1.04 bits per heavy atom. The Morgan fingerprint density at radius 3 is 2.40 bits per heavy atom. The topological polar surface area (TPSA) is 23.8 Å². The van der Waals surface area contributed by atoms with Gasteiger partial charge in [0.15, 0.2) is 0 Å². The van der Waals surface area contributed by atoms with Crippen molar-refractivity contribution in [1.29, 1.82) is 5.26 Å². The molecule has 0 amide bonds. The van der Waals surface area contributed by atoms with E-state index in [0.29, 0.717) is 31.2 Å². The van der Waals surface area contributed by atoms with E-state index in [0.717, 1.165) is 24.0 Å². The fraction of sp³-hybridized carbons (Fsp3) is 0.381. The molecule has 4 heteroatoms. The van der Waals surface area contributed by atoms with Crippen LogP contribution in [0, 0.1) is 28.8 Å². The first-order valence-corrected chi connectivity index (χ1v) is 8.72. The minimum absolute atomic E-state index is 0.0230. The van der Waals surface area contributed by atoms with Crippen molar-refractivity contribution in [3.63, 3.8) is 0 Å². The normalized spacial score (nSPS) is 16.4. The molecule has 25 heavy (non-hydrogen) atoms. The van der Waals surface area contributed by atoms with Crippen LogP contribution in [0.2, 0.25) is 0 Å². The zero-order chi connectivity index (χ0) is 18.0. The summed E-state index contributed by atoms with van der Waals surface area (Å²) in [6.07, 6.45) is 4.10. The summed E-state index contributed by atoms with van der Waals surface area (Å²) in [7, 11) is 0. The number of benzene rings is 2. The maximum absolute atomic E-state index is 14.5. The fourth-order valence-electron chi connectivity index (χ4n) is 3.66. The second-order valence-corrected chi connectivity index (χ2v) is 6.73. The van der Waals surface area contributed by atoms with Crippen LogP contribution in [0.1, 0.15) is 59.9 Å². The summed E-state index contributed by atoms with van der Waals surface area (Å²) in [6, 6.07) is 7.60. The zero-order valence-electron chi connectivity index (χ0n) is 14.2. The summed E-state index contributed by atoms with van der Waals surface area (Å²) in [4.78, 5) is 0. The van der Waals surface area contributed by atoms with Gasteiger partial charge < -0.3 is 0 Å². The highest BCUT2D eigenvalue weighted by molar-refractivity contribution is 5.42. The molecule has 0 aromatic heterocycles. The maximum Gasteiger partial charge on any atom is 0.141 e. The first kappa shape index (κ1) is 17.5. The van der Waals surface area contributed by atoms with Crippen molar-refractivity contribution < 1.29 is 13.2 Å². The SMILES string of the molecule is CCCCc1cc(F)c(C2CCc3cc(C#N)c(F)cc3C2)c(F)c1. The quantitative estimate of drug-likeness (QED) is 0.710. The molecule has 2 aromatic rings. The number of nitriles is 1. The number of nitrogens with zero attached hydrogens (tertiary/aromatic N) is 1. The van der Waals surface area contributed by atoms with Gasteiger partial charge in [-0.3, -0.25) is 0 Å². The number of unbranched alkanes of at least 4 members (excludes halogenated alkanes) is 1. The van der Waals surface area contributed by atoms with Crippen molar-refractivity contribution in [3.05, 3.63) is 69.5 Å². The van der Waals surface area contributed by atoms with Crippen molar-refractivity contribution in [2.45, 2.75) is 51.4 Å². The van der Waals surface area contributed by atoms with E-state index in [1.807, 2.05) is 13.0 Å². The highest BCUT2D eigenvalue weighted by atomic mass is 19.1. The summed E-state index contributed by atoms with van der Waals surface area (Å²) >= 11 is 0. The molecule has 0 heterocycles. The largest absolute Gasteiger partial charge is 0.207 e. The van der Waals surface area contributed by atoms with Gasteiger partial charge in [0, 0.05) is 5.56 Å². The molecule has 1 aliphatic rings. The van der Waals surface area contributed by atoms with Crippen LogP contribution in [-0.2, 0) is 19.3 Å². The smallest absolute Gasteiger partial charge is 0.141 e. The van der Waals surface area contributed by atoms with E-state index in [1.165, 1.54) is 18.2 Å². The van der Waals surface area contributed by atoms with Crippen molar-refractivity contribution in [2.75, 3.05) is 0 Å². The Labute approximate surface area is 146 Å². The number of aryl methyl sites for hydroxylation is 2. The van der Waals surface area contributed by atoms with Gasteiger partial charge in [-0.1, -0.05) is 13.3 Å². The first-order chi connectivity index (χ1) is 12.0.